The Kier molecular flexibility index (Phi) is 5.32. The Morgan fingerprint density at radius 2 is 1.78 bits per heavy atom. The minimum Gasteiger partial charge on any atom is -0.394 e. The maximum absolute atomic E-state index is 11.8. The molecule has 1 aromatic rings. The third kappa shape index (κ3) is 4.18. The van der Waals surface area contributed by atoms with E-state index < -0.39 is 6.04 Å². The quantitative estimate of drug-likeness (QED) is 0.703. The molecule has 5 nitrogen and oxygen atoms in total. The van der Waals surface area contributed by atoms with Crippen molar-refractivity contribution in [1.82, 2.24) is 10.6 Å². The molecule has 98 valence electrons. The maximum atomic E-state index is 11.8. The predicted octanol–water partition coefficient (Wildman–Crippen LogP) is 0.302. The molecule has 0 aliphatic rings. The number of rotatable bonds is 5. The van der Waals surface area contributed by atoms with Gasteiger partial charge in [0.25, 0.3) is 5.91 Å². The molecule has 18 heavy (non-hydrogen) atoms. The first-order chi connectivity index (χ1) is 8.54. The van der Waals surface area contributed by atoms with Gasteiger partial charge in [-0.05, 0) is 26.0 Å². The van der Waals surface area contributed by atoms with Gasteiger partial charge in [-0.15, -0.1) is 0 Å². The van der Waals surface area contributed by atoms with Crippen LogP contribution >= 0.6 is 0 Å². The molecule has 1 rings (SSSR count). The number of amides is 2. The molecule has 0 saturated heterocycles. The monoisotopic (exact) mass is 250 g/mol. The molecule has 5 heteroatoms. The Bertz CT molecular complexity index is 406. The average molecular weight is 250 g/mol. The summed E-state index contributed by atoms with van der Waals surface area (Å²) in [4.78, 5) is 23.4. The van der Waals surface area contributed by atoms with Gasteiger partial charge in [0.15, 0.2) is 0 Å². The summed E-state index contributed by atoms with van der Waals surface area (Å²) in [6, 6.07) is 7.71. The van der Waals surface area contributed by atoms with E-state index in [0.717, 1.165) is 0 Å². The maximum Gasteiger partial charge on any atom is 0.251 e. The molecule has 1 aromatic carbocycles. The largest absolute Gasteiger partial charge is 0.394 e. The van der Waals surface area contributed by atoms with Gasteiger partial charge in [-0.25, -0.2) is 0 Å². The second-order valence-corrected chi connectivity index (χ2v) is 4.15. The standard InChI is InChI=1S/C13H18N2O3/c1-9(8-16)14-12(17)10(2)15-13(18)11-6-4-3-5-7-11/h3-7,9-10,16H,8H2,1-2H3,(H,14,17)(H,15,18). The fourth-order valence-electron chi connectivity index (χ4n) is 1.35. The lowest BCUT2D eigenvalue weighted by atomic mass is 10.2. The predicted molar refractivity (Wildman–Crippen MR) is 68.1 cm³/mol. The second kappa shape index (κ2) is 6.76. The van der Waals surface area contributed by atoms with Crippen molar-refractivity contribution in [3.63, 3.8) is 0 Å². The lowest BCUT2D eigenvalue weighted by Gasteiger charge is -2.17. The van der Waals surface area contributed by atoms with E-state index in [-0.39, 0.29) is 24.5 Å². The van der Waals surface area contributed by atoms with Crippen molar-refractivity contribution in [2.45, 2.75) is 25.9 Å². The Balaban J connectivity index is 2.52. The van der Waals surface area contributed by atoms with E-state index in [1.165, 1.54) is 0 Å². The molecule has 0 aliphatic heterocycles. The summed E-state index contributed by atoms with van der Waals surface area (Å²) in [5.41, 5.74) is 0.507. The summed E-state index contributed by atoms with van der Waals surface area (Å²) >= 11 is 0. The summed E-state index contributed by atoms with van der Waals surface area (Å²) in [6.45, 7) is 3.15. The normalized spacial score (nSPS) is 13.5. The van der Waals surface area contributed by atoms with Gasteiger partial charge in [-0.2, -0.15) is 0 Å². The van der Waals surface area contributed by atoms with Gasteiger partial charge < -0.3 is 15.7 Å². The summed E-state index contributed by atoms with van der Waals surface area (Å²) in [7, 11) is 0. The third-order valence-electron chi connectivity index (χ3n) is 2.44. The first kappa shape index (κ1) is 14.2. The van der Waals surface area contributed by atoms with Crippen molar-refractivity contribution < 1.29 is 14.7 Å². The molecule has 0 aliphatic carbocycles. The van der Waals surface area contributed by atoms with Crippen molar-refractivity contribution in [3.8, 4) is 0 Å². The zero-order chi connectivity index (χ0) is 13.5. The number of carbonyl (C=O) groups excluding carboxylic acids is 2. The van der Waals surface area contributed by atoms with E-state index in [2.05, 4.69) is 10.6 Å². The molecule has 2 atom stereocenters. The number of aliphatic hydroxyl groups is 1. The van der Waals surface area contributed by atoms with Crippen molar-refractivity contribution >= 4 is 11.8 Å². The fraction of sp³-hybridized carbons (Fsp3) is 0.385. The van der Waals surface area contributed by atoms with Crippen LogP contribution < -0.4 is 10.6 Å². The van der Waals surface area contributed by atoms with E-state index in [9.17, 15) is 9.59 Å². The first-order valence-corrected chi connectivity index (χ1v) is 5.81. The molecule has 2 unspecified atom stereocenters. The summed E-state index contributed by atoms with van der Waals surface area (Å²) in [5, 5.41) is 14.0. The topological polar surface area (TPSA) is 78.4 Å². The van der Waals surface area contributed by atoms with Gasteiger partial charge in [0.1, 0.15) is 6.04 Å². The van der Waals surface area contributed by atoms with Gasteiger partial charge in [0, 0.05) is 11.6 Å². The van der Waals surface area contributed by atoms with Crippen LogP contribution in [0.5, 0.6) is 0 Å². The van der Waals surface area contributed by atoms with Gasteiger partial charge in [0.2, 0.25) is 5.91 Å². The molecule has 0 radical (unpaired) electrons. The van der Waals surface area contributed by atoms with E-state index >= 15 is 0 Å². The van der Waals surface area contributed by atoms with Crippen molar-refractivity contribution in [1.29, 1.82) is 0 Å². The first-order valence-electron chi connectivity index (χ1n) is 5.81. The Labute approximate surface area is 106 Å². The lowest BCUT2D eigenvalue weighted by molar-refractivity contribution is -0.123. The Hall–Kier alpha value is -1.88. The number of carbonyl (C=O) groups is 2. The number of hydrogen-bond donors (Lipinski definition) is 3. The molecular weight excluding hydrogens is 232 g/mol. The summed E-state index contributed by atoms with van der Waals surface area (Å²) in [6.07, 6.45) is 0. The summed E-state index contributed by atoms with van der Waals surface area (Å²) < 4.78 is 0. The van der Waals surface area contributed by atoms with Crippen LogP contribution in [0.3, 0.4) is 0 Å². The highest BCUT2D eigenvalue weighted by atomic mass is 16.3. The zero-order valence-electron chi connectivity index (χ0n) is 10.5. The van der Waals surface area contributed by atoms with Crippen LogP contribution in [0.2, 0.25) is 0 Å². The van der Waals surface area contributed by atoms with E-state index in [4.69, 9.17) is 5.11 Å². The van der Waals surface area contributed by atoms with Crippen LogP contribution in [0, 0.1) is 0 Å². The Morgan fingerprint density at radius 3 is 2.33 bits per heavy atom. The molecule has 3 N–H and O–H groups in total. The fourth-order valence-corrected chi connectivity index (χ4v) is 1.35. The average Bonchev–Trinajstić information content (AvgIpc) is 2.39. The smallest absolute Gasteiger partial charge is 0.251 e. The minimum atomic E-state index is -0.647. The highest BCUT2D eigenvalue weighted by Crippen LogP contribution is 1.99. The molecule has 0 heterocycles. The second-order valence-electron chi connectivity index (χ2n) is 4.15. The van der Waals surface area contributed by atoms with Crippen LogP contribution in [-0.2, 0) is 4.79 Å². The number of benzene rings is 1. The van der Waals surface area contributed by atoms with Gasteiger partial charge in [-0.3, -0.25) is 9.59 Å². The van der Waals surface area contributed by atoms with E-state index in [1.807, 2.05) is 6.07 Å². The van der Waals surface area contributed by atoms with Crippen LogP contribution in [0.25, 0.3) is 0 Å². The number of hydrogen-bond acceptors (Lipinski definition) is 3. The van der Waals surface area contributed by atoms with Gasteiger partial charge in [-0.1, -0.05) is 18.2 Å². The number of nitrogens with one attached hydrogen (secondary N) is 2. The van der Waals surface area contributed by atoms with E-state index in [0.29, 0.717) is 5.56 Å². The van der Waals surface area contributed by atoms with Gasteiger partial charge >= 0.3 is 0 Å². The highest BCUT2D eigenvalue weighted by molar-refractivity contribution is 5.97. The molecule has 0 saturated carbocycles. The third-order valence-corrected chi connectivity index (χ3v) is 2.44. The summed E-state index contributed by atoms with van der Waals surface area (Å²) in [5.74, 6) is -0.615. The van der Waals surface area contributed by atoms with Crippen LogP contribution in [0.15, 0.2) is 30.3 Å². The van der Waals surface area contributed by atoms with E-state index in [1.54, 1.807) is 38.1 Å². The van der Waals surface area contributed by atoms with Crippen molar-refractivity contribution in [2.24, 2.45) is 0 Å². The molecular formula is C13H18N2O3. The molecule has 0 fully saturated rings. The van der Waals surface area contributed by atoms with Crippen LogP contribution in [-0.4, -0.2) is 35.6 Å². The Morgan fingerprint density at radius 1 is 1.17 bits per heavy atom. The van der Waals surface area contributed by atoms with Crippen LogP contribution in [0.4, 0.5) is 0 Å². The van der Waals surface area contributed by atoms with Crippen molar-refractivity contribution in [2.75, 3.05) is 6.61 Å². The molecule has 0 spiro atoms. The molecule has 2 amide bonds. The van der Waals surface area contributed by atoms with Crippen LogP contribution in [0.1, 0.15) is 24.2 Å². The number of aliphatic hydroxyl groups excluding tert-OH is 1. The molecule has 0 bridgehead atoms. The minimum absolute atomic E-state index is 0.134. The van der Waals surface area contributed by atoms with Gasteiger partial charge in [0.05, 0.1) is 6.61 Å². The zero-order valence-corrected chi connectivity index (χ0v) is 10.5. The SMILES string of the molecule is CC(CO)NC(=O)C(C)NC(=O)c1ccccc1. The highest BCUT2D eigenvalue weighted by Gasteiger charge is 2.17. The molecule has 0 aromatic heterocycles. The van der Waals surface area contributed by atoms with Crippen molar-refractivity contribution in [3.05, 3.63) is 35.9 Å². The lowest BCUT2D eigenvalue weighted by Crippen LogP contribution is -2.48.